The van der Waals surface area contributed by atoms with E-state index in [1.54, 1.807) is 11.0 Å². The Morgan fingerprint density at radius 3 is 2.30 bits per heavy atom. The normalized spacial score (nSPS) is 25.7. The van der Waals surface area contributed by atoms with Crippen LogP contribution < -0.4 is 5.32 Å². The van der Waals surface area contributed by atoms with Gasteiger partial charge in [0.15, 0.2) is 0 Å². The highest BCUT2D eigenvalue weighted by Gasteiger charge is 2.43. The molecule has 5 nitrogen and oxygen atoms in total. The van der Waals surface area contributed by atoms with Crippen LogP contribution in [0.4, 0.5) is 4.79 Å². The number of nitrogens with zero attached hydrogens (tertiary/aromatic N) is 1. The van der Waals surface area contributed by atoms with Gasteiger partial charge in [0.2, 0.25) is 0 Å². The van der Waals surface area contributed by atoms with Crippen molar-refractivity contribution in [1.82, 2.24) is 10.2 Å². The molecule has 0 radical (unpaired) electrons. The lowest BCUT2D eigenvalue weighted by atomic mass is 9.83. The van der Waals surface area contributed by atoms with Crippen molar-refractivity contribution in [3.63, 3.8) is 0 Å². The highest BCUT2D eigenvalue weighted by molar-refractivity contribution is 6.76. The van der Waals surface area contributed by atoms with Gasteiger partial charge in [-0.2, -0.15) is 0 Å². The van der Waals surface area contributed by atoms with Crippen LogP contribution in [0.3, 0.4) is 0 Å². The lowest BCUT2D eigenvalue weighted by Crippen LogP contribution is -2.60. The molecule has 8 heteroatoms. The number of likely N-dealkylation sites (tertiary alicyclic amines) is 1. The van der Waals surface area contributed by atoms with Gasteiger partial charge in [0, 0.05) is 12.6 Å². The molecule has 1 rings (SSSR count). The van der Waals surface area contributed by atoms with E-state index in [0.29, 0.717) is 19.4 Å². The smallest absolute Gasteiger partial charge is 0.410 e. The fraction of sp³-hybridized carbons (Fsp3) is 0.733. The third-order valence-electron chi connectivity index (χ3n) is 3.63. The molecule has 0 spiro atoms. The molecule has 1 N–H and O–H groups in total. The number of halogens is 3. The molecule has 0 bridgehead atoms. The molecule has 23 heavy (non-hydrogen) atoms. The van der Waals surface area contributed by atoms with Crippen LogP contribution in [0.15, 0.2) is 12.7 Å². The maximum Gasteiger partial charge on any atom is 0.410 e. The van der Waals surface area contributed by atoms with Crippen LogP contribution in [0, 0.1) is 0 Å². The van der Waals surface area contributed by atoms with E-state index in [-0.39, 0.29) is 12.1 Å². The first-order valence-electron chi connectivity index (χ1n) is 7.32. The summed E-state index contributed by atoms with van der Waals surface area (Å²) < 4.78 is 3.36. The van der Waals surface area contributed by atoms with Gasteiger partial charge in [-0.3, -0.25) is 4.79 Å². The molecule has 0 aromatic carbocycles. The van der Waals surface area contributed by atoms with Crippen LogP contribution in [-0.2, 0) is 9.53 Å². The van der Waals surface area contributed by atoms with Gasteiger partial charge < -0.3 is 15.0 Å². The fourth-order valence-electron chi connectivity index (χ4n) is 2.52. The van der Waals surface area contributed by atoms with Crippen LogP contribution in [0.2, 0.25) is 0 Å². The zero-order valence-electron chi connectivity index (χ0n) is 13.8. The third-order valence-corrected chi connectivity index (χ3v) is 4.14. The number of alkyl halides is 3. The molecule has 2 atom stereocenters. The van der Waals surface area contributed by atoms with Gasteiger partial charge in [0.1, 0.15) is 5.60 Å². The Labute approximate surface area is 152 Å². The predicted octanol–water partition coefficient (Wildman–Crippen LogP) is 3.82. The van der Waals surface area contributed by atoms with E-state index < -0.39 is 20.8 Å². The number of carbonyl (C=O) groups excluding carboxylic acids is 2. The molecule has 1 fully saturated rings. The molecule has 0 saturated carbocycles. The standard InChI is InChI=1S/C15H23Cl3N2O3/c1-6-14(19-11(21)15(16,17)18)7-8-20(10(2)9-14)12(22)23-13(3,4)5/h6,10H,1,7-9H2,2-5H3,(H,19,21)/t10-,14+/m0/s1. The van der Waals surface area contributed by atoms with Crippen LogP contribution in [0.1, 0.15) is 40.5 Å². The number of ether oxygens (including phenoxy) is 1. The highest BCUT2D eigenvalue weighted by Crippen LogP contribution is 2.32. The number of hydrogen-bond acceptors (Lipinski definition) is 3. The first-order valence-corrected chi connectivity index (χ1v) is 8.45. The predicted molar refractivity (Wildman–Crippen MR) is 93.0 cm³/mol. The maximum absolute atomic E-state index is 12.2. The third kappa shape index (κ3) is 5.73. The summed E-state index contributed by atoms with van der Waals surface area (Å²) in [4.78, 5) is 25.8. The Balaban J connectivity index is 2.80. The lowest BCUT2D eigenvalue weighted by molar-refractivity contribution is -0.122. The maximum atomic E-state index is 12.2. The summed E-state index contributed by atoms with van der Waals surface area (Å²) in [5, 5.41) is 2.73. The number of hydrogen-bond donors (Lipinski definition) is 1. The number of carbonyl (C=O) groups is 2. The van der Waals surface area contributed by atoms with Crippen molar-refractivity contribution < 1.29 is 14.3 Å². The molecular weight excluding hydrogens is 363 g/mol. The van der Waals surface area contributed by atoms with Crippen LogP contribution >= 0.6 is 34.8 Å². The summed E-state index contributed by atoms with van der Waals surface area (Å²) in [6.07, 6.45) is 2.18. The quantitative estimate of drug-likeness (QED) is 0.581. The number of rotatable bonds is 2. The average molecular weight is 386 g/mol. The fourth-order valence-corrected chi connectivity index (χ4v) is 2.66. The van der Waals surface area contributed by atoms with E-state index in [4.69, 9.17) is 39.5 Å². The van der Waals surface area contributed by atoms with Gasteiger partial charge in [0.25, 0.3) is 9.70 Å². The first-order chi connectivity index (χ1) is 10.3. The van der Waals surface area contributed by atoms with Gasteiger partial charge in [-0.15, -0.1) is 6.58 Å². The van der Waals surface area contributed by atoms with E-state index in [1.165, 1.54) is 0 Å². The van der Waals surface area contributed by atoms with Crippen LogP contribution in [0.25, 0.3) is 0 Å². The summed E-state index contributed by atoms with van der Waals surface area (Å²) in [5.74, 6) is -0.708. The molecule has 0 aromatic heterocycles. The zero-order valence-corrected chi connectivity index (χ0v) is 16.1. The lowest BCUT2D eigenvalue weighted by Gasteiger charge is -2.44. The molecule has 1 saturated heterocycles. The van der Waals surface area contributed by atoms with Gasteiger partial charge in [0.05, 0.1) is 5.54 Å². The molecule has 0 aromatic rings. The van der Waals surface area contributed by atoms with E-state index in [1.807, 2.05) is 27.7 Å². The Morgan fingerprint density at radius 2 is 1.91 bits per heavy atom. The van der Waals surface area contributed by atoms with Crippen molar-refractivity contribution in [3.05, 3.63) is 12.7 Å². The summed E-state index contributed by atoms with van der Waals surface area (Å²) in [5.41, 5.74) is -1.29. The van der Waals surface area contributed by atoms with E-state index >= 15 is 0 Å². The van der Waals surface area contributed by atoms with E-state index in [2.05, 4.69) is 11.9 Å². The van der Waals surface area contributed by atoms with Crippen molar-refractivity contribution in [2.24, 2.45) is 0 Å². The minimum Gasteiger partial charge on any atom is -0.444 e. The van der Waals surface area contributed by atoms with Crippen molar-refractivity contribution in [3.8, 4) is 0 Å². The highest BCUT2D eigenvalue weighted by atomic mass is 35.6. The summed E-state index contributed by atoms with van der Waals surface area (Å²) in [6.45, 7) is 11.5. The Kier molecular flexibility index (Phi) is 6.27. The average Bonchev–Trinajstić information content (AvgIpc) is 2.35. The Bertz CT molecular complexity index is 485. The second kappa shape index (κ2) is 7.08. The number of nitrogens with one attached hydrogen (secondary N) is 1. The van der Waals surface area contributed by atoms with Crippen LogP contribution in [-0.4, -0.2) is 44.4 Å². The largest absolute Gasteiger partial charge is 0.444 e. The zero-order chi connectivity index (χ0) is 18.1. The summed E-state index contributed by atoms with van der Waals surface area (Å²) in [6, 6.07) is -0.160. The van der Waals surface area contributed by atoms with Crippen molar-refractivity contribution in [1.29, 1.82) is 0 Å². The van der Waals surface area contributed by atoms with Crippen LogP contribution in [0.5, 0.6) is 0 Å². The minimum absolute atomic E-state index is 0.160. The molecule has 132 valence electrons. The molecule has 0 unspecified atom stereocenters. The SMILES string of the molecule is C=C[C@@]1(NC(=O)C(Cl)(Cl)Cl)CCN(C(=O)OC(C)(C)C)[C@@H](C)C1. The first kappa shape index (κ1) is 20.4. The topological polar surface area (TPSA) is 58.6 Å². The van der Waals surface area contributed by atoms with Crippen molar-refractivity contribution >= 4 is 46.8 Å². The van der Waals surface area contributed by atoms with Gasteiger partial charge >= 0.3 is 6.09 Å². The minimum atomic E-state index is -2.04. The molecule has 1 aliphatic heterocycles. The second-order valence-electron chi connectivity index (χ2n) is 6.79. The number of piperidine rings is 1. The van der Waals surface area contributed by atoms with Crippen molar-refractivity contribution in [2.75, 3.05) is 6.54 Å². The molecule has 1 aliphatic rings. The molecular formula is C15H23Cl3N2O3. The monoisotopic (exact) mass is 384 g/mol. The van der Waals surface area contributed by atoms with E-state index in [9.17, 15) is 9.59 Å². The molecule has 1 heterocycles. The van der Waals surface area contributed by atoms with Crippen molar-refractivity contribution in [2.45, 2.75) is 61.5 Å². The van der Waals surface area contributed by atoms with E-state index in [0.717, 1.165) is 0 Å². The van der Waals surface area contributed by atoms with Gasteiger partial charge in [-0.25, -0.2) is 4.79 Å². The molecule has 2 amide bonds. The Morgan fingerprint density at radius 1 is 1.35 bits per heavy atom. The second-order valence-corrected chi connectivity index (χ2v) is 9.07. The summed E-state index contributed by atoms with van der Waals surface area (Å²) in [7, 11) is 0. The molecule has 0 aliphatic carbocycles. The number of amides is 2. The van der Waals surface area contributed by atoms with Gasteiger partial charge in [-0.1, -0.05) is 40.9 Å². The Hall–Kier alpha value is -0.650. The van der Waals surface area contributed by atoms with Gasteiger partial charge in [-0.05, 0) is 40.5 Å². The summed E-state index contributed by atoms with van der Waals surface area (Å²) >= 11 is 16.8.